The van der Waals surface area contributed by atoms with E-state index in [4.69, 9.17) is 35.6 Å². The summed E-state index contributed by atoms with van der Waals surface area (Å²) in [5.41, 5.74) is 2.13. The quantitative estimate of drug-likeness (QED) is 0.240. The minimum atomic E-state index is -1.08. The van der Waals surface area contributed by atoms with E-state index in [9.17, 15) is 9.90 Å². The van der Waals surface area contributed by atoms with Crippen LogP contribution < -0.4 is 34.4 Å². The molecule has 2 N–H and O–H groups in total. The Morgan fingerprint density at radius 1 is 1.16 bits per heavy atom. The summed E-state index contributed by atoms with van der Waals surface area (Å²) < 4.78 is 49.1. The van der Waals surface area contributed by atoms with Crippen LogP contribution in [0.5, 0.6) is 11.8 Å². The molecule has 1 aromatic carbocycles. The number of fused-ring (bicyclic) bond motifs is 2. The van der Waals surface area contributed by atoms with Gasteiger partial charge in [-0.05, 0) is 62.9 Å². The molecule has 0 saturated carbocycles. The highest BCUT2D eigenvalue weighted by atomic mass is 19.1. The summed E-state index contributed by atoms with van der Waals surface area (Å²) in [6, 6.07) is 6.80. The van der Waals surface area contributed by atoms with Gasteiger partial charge in [0.15, 0.2) is 11.6 Å². The number of hydrogen-bond donors (Lipinski definition) is 2. The smallest absolute Gasteiger partial charge is 0.318 e. The van der Waals surface area contributed by atoms with Gasteiger partial charge in [-0.3, -0.25) is 4.79 Å². The summed E-state index contributed by atoms with van der Waals surface area (Å²) in [4.78, 5) is 35.3. The number of carbonyl (C=O) groups excluding carboxylic acids is 1. The lowest BCUT2D eigenvalue weighted by atomic mass is 9.93. The minimum absolute atomic E-state index is 0.0900. The van der Waals surface area contributed by atoms with Crippen molar-refractivity contribution in [2.75, 3.05) is 78.8 Å². The summed E-state index contributed by atoms with van der Waals surface area (Å²) in [7, 11) is 0. The Balaban J connectivity index is 1.10. The van der Waals surface area contributed by atoms with Gasteiger partial charge in [0.25, 0.3) is 0 Å². The van der Waals surface area contributed by atoms with Crippen molar-refractivity contribution in [2.45, 2.75) is 88.3 Å². The fourth-order valence-corrected chi connectivity index (χ4v) is 9.23. The molecule has 58 heavy (non-hydrogen) atoms. The lowest BCUT2D eigenvalue weighted by Crippen LogP contribution is -2.50. The number of nitrogens with one attached hydrogen (secondary N) is 1. The number of aliphatic hydroxyl groups excluding tert-OH is 1. The van der Waals surface area contributed by atoms with Crippen LogP contribution in [0.25, 0.3) is 0 Å². The van der Waals surface area contributed by atoms with Gasteiger partial charge in [0.05, 0.1) is 72.3 Å². The number of ether oxygens (including phenoxy) is 3. The number of β-amino-alcohol motifs (C(OH)–C–C–N with tert-alkyl or cyclic N) is 1. The standard InChI is InChI=1S/C43H52F2N8O5/c1-5-34-35(45)12-10-28-17-33(54)23-52(39(28)34)32-18-36-40(57-25-32)41(50-14-8-7-9-30(22-50)47-38(55)6-2)49-42(48-36)58-26-43(4)19-29(44)21-53(43)31-11-13-37(46-20-31)51-15-16-56-24-27(51)3/h1,6,10-13,20,27,29-30,32-33,54H,2,7-9,14-19,21-26H2,3-4H3,(H,47,55)/t27-,29-,30?,32-,33-,43+/m1/s1. The second-order valence-corrected chi connectivity index (χ2v) is 16.4. The molecule has 2 aromatic heterocycles. The number of halogens is 2. The summed E-state index contributed by atoms with van der Waals surface area (Å²) in [5, 5.41) is 14.0. The van der Waals surface area contributed by atoms with Crippen molar-refractivity contribution in [3.8, 4) is 24.1 Å². The molecule has 5 aliphatic rings. The number of rotatable bonds is 9. The zero-order chi connectivity index (χ0) is 40.6. The number of amides is 1. The van der Waals surface area contributed by atoms with Crippen LogP contribution in [0.1, 0.15) is 56.4 Å². The van der Waals surface area contributed by atoms with Gasteiger partial charge in [-0.1, -0.05) is 18.6 Å². The van der Waals surface area contributed by atoms with Crippen molar-refractivity contribution in [3.63, 3.8) is 0 Å². The van der Waals surface area contributed by atoms with E-state index < -0.39 is 23.6 Å². The molecule has 1 amide bonds. The van der Waals surface area contributed by atoms with Crippen molar-refractivity contribution < 1.29 is 32.9 Å². The third-order valence-corrected chi connectivity index (χ3v) is 12.1. The Labute approximate surface area is 338 Å². The molecule has 8 rings (SSSR count). The van der Waals surface area contributed by atoms with Crippen LogP contribution in [0.4, 0.5) is 31.8 Å². The maximum Gasteiger partial charge on any atom is 0.318 e. The van der Waals surface area contributed by atoms with Gasteiger partial charge in [-0.15, -0.1) is 6.42 Å². The van der Waals surface area contributed by atoms with Crippen LogP contribution in [0, 0.1) is 18.2 Å². The van der Waals surface area contributed by atoms with Gasteiger partial charge in [-0.25, -0.2) is 13.8 Å². The number of terminal acetylenes is 1. The van der Waals surface area contributed by atoms with E-state index in [0.717, 1.165) is 42.9 Å². The largest absolute Gasteiger partial charge is 0.486 e. The van der Waals surface area contributed by atoms with E-state index >= 15 is 8.78 Å². The third kappa shape index (κ3) is 7.96. The van der Waals surface area contributed by atoms with Crippen LogP contribution in [0.2, 0.25) is 0 Å². The van der Waals surface area contributed by atoms with Crippen LogP contribution in [0.15, 0.2) is 43.1 Å². The number of anilines is 4. The minimum Gasteiger partial charge on any atom is -0.486 e. The van der Waals surface area contributed by atoms with E-state index in [1.54, 1.807) is 12.3 Å². The van der Waals surface area contributed by atoms with Crippen molar-refractivity contribution in [1.82, 2.24) is 20.3 Å². The molecular formula is C43H52F2N8O5. The molecule has 308 valence electrons. The number of hydrogen-bond acceptors (Lipinski definition) is 12. The molecule has 0 radical (unpaired) electrons. The van der Waals surface area contributed by atoms with Gasteiger partial charge < -0.3 is 44.2 Å². The number of aliphatic hydroxyl groups is 1. The van der Waals surface area contributed by atoms with Gasteiger partial charge >= 0.3 is 6.01 Å². The Hall–Kier alpha value is -5.20. The Morgan fingerprint density at radius 3 is 2.79 bits per heavy atom. The third-order valence-electron chi connectivity index (χ3n) is 12.1. The molecule has 3 fully saturated rings. The monoisotopic (exact) mass is 798 g/mol. The average molecular weight is 799 g/mol. The fraction of sp³-hybridized carbons (Fsp3) is 0.535. The molecule has 1 unspecified atom stereocenters. The van der Waals surface area contributed by atoms with E-state index in [1.807, 2.05) is 28.9 Å². The van der Waals surface area contributed by atoms with Gasteiger partial charge in [0.1, 0.15) is 31.0 Å². The summed E-state index contributed by atoms with van der Waals surface area (Å²) >= 11 is 0. The maximum atomic E-state index is 15.4. The normalized spacial score (nSPS) is 27.1. The van der Waals surface area contributed by atoms with E-state index in [-0.39, 0.29) is 68.3 Å². The fourth-order valence-electron chi connectivity index (χ4n) is 9.23. The van der Waals surface area contributed by atoms with E-state index in [1.165, 1.54) is 12.1 Å². The van der Waals surface area contributed by atoms with Gasteiger partial charge in [0.2, 0.25) is 5.91 Å². The zero-order valence-corrected chi connectivity index (χ0v) is 33.2. The number of pyridine rings is 1. The SMILES string of the molecule is C#Cc1c(F)ccc2c1N([C@H]1COc3c(nc(OC[C@]4(C)C[C@@H](F)CN4c4ccc(N5CCOC[C@H]5C)nc4)nc3N3CCCCC(NC(=O)C=C)C3)C1)C[C@H](O)C2. The van der Waals surface area contributed by atoms with E-state index in [2.05, 4.69) is 34.5 Å². The lowest BCUT2D eigenvalue weighted by molar-refractivity contribution is -0.117. The molecule has 3 aromatic rings. The number of morpholine rings is 1. The first-order chi connectivity index (χ1) is 28.0. The summed E-state index contributed by atoms with van der Waals surface area (Å²) in [5.74, 6) is 3.69. The van der Waals surface area contributed by atoms with Crippen LogP contribution in [-0.4, -0.2) is 121 Å². The van der Waals surface area contributed by atoms with Gasteiger partial charge in [-0.2, -0.15) is 9.97 Å². The van der Waals surface area contributed by atoms with Gasteiger partial charge in [0, 0.05) is 51.5 Å². The Bertz CT molecular complexity index is 2050. The van der Waals surface area contributed by atoms with Crippen LogP contribution in [-0.2, 0) is 22.4 Å². The number of benzene rings is 1. The molecule has 6 atom stereocenters. The maximum absolute atomic E-state index is 15.4. The summed E-state index contributed by atoms with van der Waals surface area (Å²) in [6.45, 7) is 11.6. The average Bonchev–Trinajstić information content (AvgIpc) is 3.35. The van der Waals surface area contributed by atoms with Crippen molar-refractivity contribution in [1.29, 1.82) is 0 Å². The first-order valence-electron chi connectivity index (χ1n) is 20.3. The number of nitrogens with zero attached hydrogens (tertiary/aromatic N) is 7. The topological polar surface area (TPSA) is 129 Å². The van der Waals surface area contributed by atoms with Crippen molar-refractivity contribution >= 4 is 28.9 Å². The molecule has 13 nitrogen and oxygen atoms in total. The number of carbonyl (C=O) groups is 1. The van der Waals surface area contributed by atoms with Crippen LogP contribution >= 0.6 is 0 Å². The van der Waals surface area contributed by atoms with Crippen LogP contribution in [0.3, 0.4) is 0 Å². The second-order valence-electron chi connectivity index (χ2n) is 16.4. The van der Waals surface area contributed by atoms with E-state index in [0.29, 0.717) is 62.1 Å². The second kappa shape index (κ2) is 16.6. The number of alkyl halides is 1. The highest BCUT2D eigenvalue weighted by Gasteiger charge is 2.44. The lowest BCUT2D eigenvalue weighted by Gasteiger charge is -2.42. The van der Waals surface area contributed by atoms with Crippen molar-refractivity contribution in [2.24, 2.45) is 0 Å². The summed E-state index contributed by atoms with van der Waals surface area (Å²) in [6.07, 6.45) is 10.7. The van der Waals surface area contributed by atoms with Crippen molar-refractivity contribution in [3.05, 3.63) is 65.8 Å². The molecular weight excluding hydrogens is 747 g/mol. The highest BCUT2D eigenvalue weighted by molar-refractivity contribution is 5.87. The molecule has 0 aliphatic carbocycles. The first-order valence-corrected chi connectivity index (χ1v) is 20.3. The predicted molar refractivity (Wildman–Crippen MR) is 217 cm³/mol. The molecule has 5 aliphatic heterocycles. The molecule has 0 spiro atoms. The molecule has 0 bridgehead atoms. The first kappa shape index (κ1) is 39.6. The Morgan fingerprint density at radius 2 is 2.02 bits per heavy atom. The molecule has 7 heterocycles. The number of aromatic nitrogens is 3. The zero-order valence-electron chi connectivity index (χ0n) is 33.2. The predicted octanol–water partition coefficient (Wildman–Crippen LogP) is 3.99. The molecule has 15 heteroatoms. The molecule has 3 saturated heterocycles. The highest BCUT2D eigenvalue weighted by Crippen LogP contribution is 2.41. The Kier molecular flexibility index (Phi) is 11.3.